The van der Waals surface area contributed by atoms with E-state index in [-0.39, 0.29) is 0 Å². The molecule has 0 saturated carbocycles. The van der Waals surface area contributed by atoms with Crippen LogP contribution < -0.4 is 0 Å². The highest BCUT2D eigenvalue weighted by Crippen LogP contribution is 2.43. The van der Waals surface area contributed by atoms with Gasteiger partial charge in [0.25, 0.3) is 0 Å². The highest BCUT2D eigenvalue weighted by molar-refractivity contribution is 7.26. The molecular formula is C55H34N4S. The lowest BCUT2D eigenvalue weighted by Crippen LogP contribution is -2.04. The van der Waals surface area contributed by atoms with E-state index in [1.807, 2.05) is 29.5 Å². The number of thiophene rings is 1. The molecule has 0 fully saturated rings. The minimum Gasteiger partial charge on any atom is -0.308 e. The second-order valence-electron chi connectivity index (χ2n) is 15.2. The molecule has 9 aromatic carbocycles. The molecule has 0 aliphatic heterocycles. The van der Waals surface area contributed by atoms with Crippen molar-refractivity contribution in [1.82, 2.24) is 19.5 Å². The summed E-state index contributed by atoms with van der Waals surface area (Å²) in [4.78, 5) is 15.8. The van der Waals surface area contributed by atoms with Crippen LogP contribution in [0.5, 0.6) is 0 Å². The first-order chi connectivity index (χ1) is 29.7. The molecule has 5 heteroatoms. The summed E-state index contributed by atoms with van der Waals surface area (Å²) in [7, 11) is 0. The Balaban J connectivity index is 1.07. The Morgan fingerprint density at radius 1 is 0.333 bits per heavy atom. The van der Waals surface area contributed by atoms with Crippen LogP contribution in [0.1, 0.15) is 0 Å². The van der Waals surface area contributed by atoms with Gasteiger partial charge in [-0.05, 0) is 75.5 Å². The van der Waals surface area contributed by atoms with Crippen molar-refractivity contribution < 1.29 is 0 Å². The summed E-state index contributed by atoms with van der Waals surface area (Å²) >= 11 is 1.86. The summed E-state index contributed by atoms with van der Waals surface area (Å²) in [5.74, 6) is 1.86. The van der Waals surface area contributed by atoms with E-state index in [9.17, 15) is 0 Å². The Kier molecular flexibility index (Phi) is 8.00. The van der Waals surface area contributed by atoms with E-state index in [1.165, 1.54) is 47.3 Å². The van der Waals surface area contributed by atoms with Crippen LogP contribution in [-0.4, -0.2) is 19.5 Å². The quantitative estimate of drug-likeness (QED) is 0.169. The van der Waals surface area contributed by atoms with E-state index in [0.29, 0.717) is 17.5 Å². The molecule has 3 heterocycles. The summed E-state index contributed by atoms with van der Waals surface area (Å²) in [5.41, 5.74) is 10.6. The van der Waals surface area contributed by atoms with Crippen LogP contribution in [0.3, 0.4) is 0 Å². The van der Waals surface area contributed by atoms with Crippen molar-refractivity contribution in [2.75, 3.05) is 0 Å². The van der Waals surface area contributed by atoms with E-state index >= 15 is 0 Å². The lowest BCUT2D eigenvalue weighted by molar-refractivity contribution is 1.06. The molecule has 0 aliphatic carbocycles. The number of fused-ring (bicyclic) bond motifs is 7. The fourth-order valence-corrected chi connectivity index (χ4v) is 10.0. The molecule has 0 aliphatic rings. The second-order valence-corrected chi connectivity index (χ2v) is 16.3. The summed E-state index contributed by atoms with van der Waals surface area (Å²) < 4.78 is 4.93. The minimum atomic E-state index is 0.611. The smallest absolute Gasteiger partial charge is 0.166 e. The second kappa shape index (κ2) is 14.0. The van der Waals surface area contributed by atoms with Crippen molar-refractivity contribution in [3.05, 3.63) is 206 Å². The maximum Gasteiger partial charge on any atom is 0.166 e. The van der Waals surface area contributed by atoms with Crippen LogP contribution in [0.2, 0.25) is 0 Å². The number of para-hydroxylation sites is 2. The van der Waals surface area contributed by atoms with Crippen molar-refractivity contribution in [1.29, 1.82) is 0 Å². The van der Waals surface area contributed by atoms with Gasteiger partial charge in [-0.1, -0.05) is 164 Å². The molecular weight excluding hydrogens is 749 g/mol. The number of benzene rings is 9. The summed E-state index contributed by atoms with van der Waals surface area (Å²) in [6, 6.07) is 73.3. The largest absolute Gasteiger partial charge is 0.308 e. The monoisotopic (exact) mass is 782 g/mol. The highest BCUT2D eigenvalue weighted by atomic mass is 32.1. The third kappa shape index (κ3) is 5.70. The molecule has 0 atom stereocenters. The molecule has 0 saturated heterocycles. The van der Waals surface area contributed by atoms with E-state index < -0.39 is 0 Å². The van der Waals surface area contributed by atoms with Gasteiger partial charge >= 0.3 is 0 Å². The van der Waals surface area contributed by atoms with Gasteiger partial charge in [-0.15, -0.1) is 11.3 Å². The third-order valence-electron chi connectivity index (χ3n) is 11.6. The highest BCUT2D eigenvalue weighted by Gasteiger charge is 2.21. The molecule has 3 aromatic heterocycles. The van der Waals surface area contributed by atoms with Crippen molar-refractivity contribution >= 4 is 64.1 Å². The van der Waals surface area contributed by atoms with Crippen LogP contribution in [0.15, 0.2) is 206 Å². The summed E-state index contributed by atoms with van der Waals surface area (Å²) in [6.45, 7) is 0. The van der Waals surface area contributed by atoms with Crippen LogP contribution in [0, 0.1) is 0 Å². The Hall–Kier alpha value is -7.73. The zero-order valence-electron chi connectivity index (χ0n) is 32.3. The van der Waals surface area contributed by atoms with Gasteiger partial charge in [0.15, 0.2) is 17.5 Å². The maximum absolute atomic E-state index is 5.36. The number of rotatable bonds is 6. The van der Waals surface area contributed by atoms with Gasteiger partial charge in [-0.2, -0.15) is 0 Å². The minimum absolute atomic E-state index is 0.611. The van der Waals surface area contributed by atoms with Gasteiger partial charge < -0.3 is 4.57 Å². The standard InChI is InChI=1S/C55H34N4S/c1-3-15-35(16-4-1)39-29-30-46(50(33-39)59-48-27-11-9-23-43(48)44-24-10-12-28-49(44)59)55-57-53(36-17-5-2-6-18-36)56-54(58-55)41-22-13-21-40(31-41)42-25-14-26-45-47-32-37-19-7-8-20-38(37)34-51(47)60-52(42)45/h1-34H. The fourth-order valence-electron chi connectivity index (χ4n) is 8.78. The van der Waals surface area contributed by atoms with Crippen molar-refractivity contribution in [3.63, 3.8) is 0 Å². The zero-order valence-corrected chi connectivity index (χ0v) is 33.1. The van der Waals surface area contributed by atoms with E-state index in [2.05, 4.69) is 193 Å². The molecule has 0 amide bonds. The molecule has 0 bridgehead atoms. The number of hydrogen-bond acceptors (Lipinski definition) is 4. The van der Waals surface area contributed by atoms with Crippen LogP contribution in [-0.2, 0) is 0 Å². The van der Waals surface area contributed by atoms with Crippen LogP contribution >= 0.6 is 11.3 Å². The Morgan fingerprint density at radius 2 is 0.900 bits per heavy atom. The fraction of sp³-hybridized carbons (Fsp3) is 0. The van der Waals surface area contributed by atoms with Crippen molar-refractivity contribution in [2.45, 2.75) is 0 Å². The lowest BCUT2D eigenvalue weighted by Gasteiger charge is -2.16. The molecule has 0 spiro atoms. The SMILES string of the molecule is c1ccc(-c2ccc(-c3nc(-c4ccccc4)nc(-c4cccc(-c5cccc6c5sc5cc7ccccc7cc56)c4)n3)c(-n3c4ccccc4c4ccccc43)c2)cc1. The summed E-state index contributed by atoms with van der Waals surface area (Å²) in [5, 5.41) is 7.48. The normalized spacial score (nSPS) is 11.7. The number of hydrogen-bond donors (Lipinski definition) is 0. The molecule has 280 valence electrons. The maximum atomic E-state index is 5.36. The predicted molar refractivity (Wildman–Crippen MR) is 252 cm³/mol. The topological polar surface area (TPSA) is 43.6 Å². The van der Waals surface area contributed by atoms with E-state index in [4.69, 9.17) is 15.0 Å². The third-order valence-corrected chi connectivity index (χ3v) is 12.8. The van der Waals surface area contributed by atoms with Gasteiger partial charge in [-0.3, -0.25) is 0 Å². The summed E-state index contributed by atoms with van der Waals surface area (Å²) in [6.07, 6.45) is 0. The first-order valence-corrected chi connectivity index (χ1v) is 21.0. The Bertz CT molecular complexity index is 3550. The van der Waals surface area contributed by atoms with Crippen LogP contribution in [0.4, 0.5) is 0 Å². The molecule has 0 radical (unpaired) electrons. The number of aromatic nitrogens is 4. The lowest BCUT2D eigenvalue weighted by atomic mass is 9.99. The molecule has 12 rings (SSSR count). The van der Waals surface area contributed by atoms with Crippen LogP contribution in [0.25, 0.3) is 115 Å². The Morgan fingerprint density at radius 3 is 1.65 bits per heavy atom. The average Bonchev–Trinajstić information content (AvgIpc) is 3.86. The van der Waals surface area contributed by atoms with Crippen molar-refractivity contribution in [3.8, 4) is 62.1 Å². The van der Waals surface area contributed by atoms with E-state index in [1.54, 1.807) is 0 Å². The van der Waals surface area contributed by atoms with Gasteiger partial charge in [0.2, 0.25) is 0 Å². The molecule has 0 unspecified atom stereocenters. The number of nitrogens with zero attached hydrogens (tertiary/aromatic N) is 4. The average molecular weight is 783 g/mol. The Labute approximate surface area is 350 Å². The van der Waals surface area contributed by atoms with Crippen molar-refractivity contribution in [2.24, 2.45) is 0 Å². The zero-order chi connectivity index (χ0) is 39.6. The molecule has 0 N–H and O–H groups in total. The van der Waals surface area contributed by atoms with Gasteiger partial charge in [0, 0.05) is 47.6 Å². The predicted octanol–water partition coefficient (Wildman–Crippen LogP) is 14.8. The molecule has 60 heavy (non-hydrogen) atoms. The van der Waals surface area contributed by atoms with Gasteiger partial charge in [0.05, 0.1) is 16.7 Å². The first-order valence-electron chi connectivity index (χ1n) is 20.2. The van der Waals surface area contributed by atoms with E-state index in [0.717, 1.165) is 50.1 Å². The van der Waals surface area contributed by atoms with Gasteiger partial charge in [0.1, 0.15) is 0 Å². The molecule has 12 aromatic rings. The molecule has 4 nitrogen and oxygen atoms in total. The van der Waals surface area contributed by atoms with Gasteiger partial charge in [-0.25, -0.2) is 15.0 Å². The first kappa shape index (κ1) is 34.3.